The first kappa shape index (κ1) is 25.0. The summed E-state index contributed by atoms with van der Waals surface area (Å²) in [6.07, 6.45) is 3.80. The van der Waals surface area contributed by atoms with E-state index < -0.39 is 10.0 Å². The predicted molar refractivity (Wildman–Crippen MR) is 122 cm³/mol. The molecule has 178 valence electrons. The molecule has 0 aromatic heterocycles. The molecule has 1 N–H and O–H groups in total. The van der Waals surface area contributed by atoms with Crippen molar-refractivity contribution in [1.82, 2.24) is 14.5 Å². The third-order valence-corrected chi connectivity index (χ3v) is 8.07. The number of carbonyl (C=O) groups excluding carboxylic acids is 2. The molecule has 1 aromatic carbocycles. The highest BCUT2D eigenvalue weighted by molar-refractivity contribution is 7.89. The smallest absolute Gasteiger partial charge is 0.251 e. The van der Waals surface area contributed by atoms with Gasteiger partial charge in [-0.25, -0.2) is 8.42 Å². The Hall–Kier alpha value is -1.68. The monoisotopic (exact) mass is 485 g/mol. The van der Waals surface area contributed by atoms with Gasteiger partial charge >= 0.3 is 0 Å². The van der Waals surface area contributed by atoms with Crippen LogP contribution in [0.2, 0.25) is 5.02 Å². The summed E-state index contributed by atoms with van der Waals surface area (Å²) in [7, 11) is -3.87. The molecule has 0 spiro atoms. The van der Waals surface area contributed by atoms with Gasteiger partial charge < -0.3 is 15.0 Å². The van der Waals surface area contributed by atoms with Gasteiger partial charge in [-0.15, -0.1) is 0 Å². The molecule has 0 saturated carbocycles. The Kier molecular flexibility index (Phi) is 8.55. The number of nitrogens with one attached hydrogen (secondary N) is 1. The molecule has 0 unspecified atom stereocenters. The van der Waals surface area contributed by atoms with Crippen molar-refractivity contribution < 1.29 is 22.7 Å². The molecular formula is C22H32ClN3O5S. The Labute approximate surface area is 195 Å². The summed E-state index contributed by atoms with van der Waals surface area (Å²) >= 11 is 6.21. The Morgan fingerprint density at radius 3 is 2.62 bits per heavy atom. The van der Waals surface area contributed by atoms with Crippen molar-refractivity contribution in [3.8, 4) is 0 Å². The molecule has 2 amide bonds. The second-order valence-electron chi connectivity index (χ2n) is 8.53. The van der Waals surface area contributed by atoms with Gasteiger partial charge in [0.2, 0.25) is 15.9 Å². The summed E-state index contributed by atoms with van der Waals surface area (Å²) in [5.74, 6) is -0.197. The number of likely N-dealkylation sites (tertiary alicyclic amines) is 1. The summed E-state index contributed by atoms with van der Waals surface area (Å²) < 4.78 is 33.3. The number of morpholine rings is 1. The zero-order valence-corrected chi connectivity index (χ0v) is 20.3. The van der Waals surface area contributed by atoms with Gasteiger partial charge in [0.25, 0.3) is 5.91 Å². The number of nitrogens with zero attached hydrogens (tertiary/aromatic N) is 2. The van der Waals surface area contributed by atoms with Crippen LogP contribution >= 0.6 is 11.6 Å². The highest BCUT2D eigenvalue weighted by Gasteiger charge is 2.33. The van der Waals surface area contributed by atoms with Crippen LogP contribution in [0.1, 0.15) is 56.3 Å². The van der Waals surface area contributed by atoms with Gasteiger partial charge in [-0.05, 0) is 51.3 Å². The van der Waals surface area contributed by atoms with Crippen molar-refractivity contribution in [2.45, 2.75) is 63.1 Å². The van der Waals surface area contributed by atoms with Crippen LogP contribution in [0.5, 0.6) is 0 Å². The second kappa shape index (κ2) is 11.0. The summed E-state index contributed by atoms with van der Waals surface area (Å²) in [5.41, 5.74) is 0.230. The van der Waals surface area contributed by atoms with Gasteiger partial charge in [0.1, 0.15) is 4.90 Å². The minimum atomic E-state index is -3.87. The van der Waals surface area contributed by atoms with E-state index in [0.717, 1.165) is 25.8 Å². The van der Waals surface area contributed by atoms with E-state index in [9.17, 15) is 18.0 Å². The highest BCUT2D eigenvalue weighted by atomic mass is 35.5. The minimum Gasteiger partial charge on any atom is -0.373 e. The van der Waals surface area contributed by atoms with Gasteiger partial charge in [0, 0.05) is 44.7 Å². The zero-order chi connectivity index (χ0) is 23.3. The number of halogens is 1. The van der Waals surface area contributed by atoms with Crippen LogP contribution in [0.25, 0.3) is 0 Å². The molecule has 10 heteroatoms. The molecule has 3 rings (SSSR count). The standard InChI is InChI=1S/C22H32ClN3O5S/c1-16-14-26(15-17(2)31-16)32(29,30)20-13-18(8-9-19(20)23)22(28)24-10-6-12-25-11-5-3-4-7-21(25)27/h8-9,13,16-17H,3-7,10-12,14-15H2,1-2H3,(H,24,28)/t16-,17+. The molecule has 1 aromatic rings. The number of carbonyl (C=O) groups is 2. The van der Waals surface area contributed by atoms with Gasteiger partial charge in [-0.2, -0.15) is 4.31 Å². The molecule has 2 saturated heterocycles. The molecule has 2 heterocycles. The van der Waals surface area contributed by atoms with Crippen molar-refractivity contribution in [2.75, 3.05) is 32.7 Å². The van der Waals surface area contributed by atoms with Gasteiger partial charge in [0.15, 0.2) is 0 Å². The normalized spacial score (nSPS) is 23.1. The van der Waals surface area contributed by atoms with Crippen LogP contribution in [0.15, 0.2) is 23.1 Å². The van der Waals surface area contributed by atoms with E-state index in [-0.39, 0.29) is 52.6 Å². The van der Waals surface area contributed by atoms with Crippen LogP contribution in [0.4, 0.5) is 0 Å². The van der Waals surface area contributed by atoms with E-state index in [1.165, 1.54) is 22.5 Å². The quantitative estimate of drug-likeness (QED) is 0.599. The Morgan fingerprint density at radius 2 is 1.91 bits per heavy atom. The van der Waals surface area contributed by atoms with Crippen molar-refractivity contribution >= 4 is 33.4 Å². The van der Waals surface area contributed by atoms with E-state index in [1.807, 2.05) is 18.7 Å². The summed E-state index contributed by atoms with van der Waals surface area (Å²) in [4.78, 5) is 26.5. The number of amides is 2. The van der Waals surface area contributed by atoms with E-state index in [4.69, 9.17) is 16.3 Å². The van der Waals surface area contributed by atoms with Crippen molar-refractivity contribution in [3.63, 3.8) is 0 Å². The summed E-state index contributed by atoms with van der Waals surface area (Å²) in [6.45, 7) is 5.87. The first-order chi connectivity index (χ1) is 15.2. The second-order valence-corrected chi connectivity index (χ2v) is 10.8. The van der Waals surface area contributed by atoms with Crippen molar-refractivity contribution in [1.29, 1.82) is 0 Å². The molecule has 2 aliphatic rings. The van der Waals surface area contributed by atoms with E-state index in [2.05, 4.69) is 5.32 Å². The number of benzene rings is 1. The molecule has 2 fully saturated rings. The first-order valence-corrected chi connectivity index (χ1v) is 13.0. The van der Waals surface area contributed by atoms with E-state index >= 15 is 0 Å². The lowest BCUT2D eigenvalue weighted by molar-refractivity contribution is -0.130. The van der Waals surface area contributed by atoms with Gasteiger partial charge in [-0.1, -0.05) is 18.0 Å². The van der Waals surface area contributed by atoms with Gasteiger partial charge in [-0.3, -0.25) is 9.59 Å². The van der Waals surface area contributed by atoms with E-state index in [0.29, 0.717) is 25.9 Å². The Balaban J connectivity index is 1.62. The molecule has 0 bridgehead atoms. The average molecular weight is 486 g/mol. The molecule has 0 aliphatic carbocycles. The molecule has 32 heavy (non-hydrogen) atoms. The number of hydrogen-bond donors (Lipinski definition) is 1. The SMILES string of the molecule is C[C@@H]1CN(S(=O)(=O)c2cc(C(=O)NCCCN3CCCCCC3=O)ccc2Cl)C[C@H](C)O1. The lowest BCUT2D eigenvalue weighted by Gasteiger charge is -2.34. The van der Waals surface area contributed by atoms with Crippen LogP contribution in [-0.2, 0) is 19.6 Å². The van der Waals surface area contributed by atoms with Crippen LogP contribution in [0.3, 0.4) is 0 Å². The molecule has 2 atom stereocenters. The molecule has 0 radical (unpaired) electrons. The Morgan fingerprint density at radius 1 is 1.19 bits per heavy atom. The van der Waals surface area contributed by atoms with Gasteiger partial charge in [0.05, 0.1) is 17.2 Å². The first-order valence-electron chi connectivity index (χ1n) is 11.2. The topological polar surface area (TPSA) is 96.0 Å². The number of sulfonamides is 1. The maximum absolute atomic E-state index is 13.2. The van der Waals surface area contributed by atoms with Crippen LogP contribution < -0.4 is 5.32 Å². The lowest BCUT2D eigenvalue weighted by Crippen LogP contribution is -2.48. The maximum atomic E-state index is 13.2. The summed E-state index contributed by atoms with van der Waals surface area (Å²) in [5, 5.41) is 2.89. The summed E-state index contributed by atoms with van der Waals surface area (Å²) in [6, 6.07) is 4.28. The fourth-order valence-corrected chi connectivity index (χ4v) is 6.25. The molecule has 8 nitrogen and oxygen atoms in total. The molecule has 2 aliphatic heterocycles. The predicted octanol–water partition coefficient (Wildman–Crippen LogP) is 2.66. The third-order valence-electron chi connectivity index (χ3n) is 5.76. The van der Waals surface area contributed by atoms with E-state index in [1.54, 1.807) is 0 Å². The van der Waals surface area contributed by atoms with Crippen LogP contribution in [-0.4, -0.2) is 74.4 Å². The van der Waals surface area contributed by atoms with Crippen molar-refractivity contribution in [3.05, 3.63) is 28.8 Å². The maximum Gasteiger partial charge on any atom is 0.251 e. The minimum absolute atomic E-state index is 0.0769. The fraction of sp³-hybridized carbons (Fsp3) is 0.636. The Bertz CT molecular complexity index is 929. The van der Waals surface area contributed by atoms with Crippen LogP contribution in [0, 0.1) is 0 Å². The fourth-order valence-electron chi connectivity index (χ4n) is 4.16. The largest absolute Gasteiger partial charge is 0.373 e. The lowest BCUT2D eigenvalue weighted by atomic mass is 10.2. The zero-order valence-electron chi connectivity index (χ0n) is 18.7. The number of rotatable bonds is 7. The number of ether oxygens (including phenoxy) is 1. The third kappa shape index (κ3) is 6.21. The highest BCUT2D eigenvalue weighted by Crippen LogP contribution is 2.28. The average Bonchev–Trinajstić information content (AvgIpc) is 2.94. The molecular weight excluding hydrogens is 454 g/mol. The van der Waals surface area contributed by atoms with Crippen molar-refractivity contribution in [2.24, 2.45) is 0 Å². The number of hydrogen-bond acceptors (Lipinski definition) is 5.